The Labute approximate surface area is 152 Å². The molecule has 2 amide bonds. The molecule has 134 valence electrons. The van der Waals surface area contributed by atoms with Crippen LogP contribution in [0.4, 0.5) is 0 Å². The zero-order valence-corrected chi connectivity index (χ0v) is 15.2. The van der Waals surface area contributed by atoms with Crippen LogP contribution in [0.25, 0.3) is 0 Å². The molecule has 2 fully saturated rings. The predicted octanol–water partition coefficient (Wildman–Crippen LogP) is 1.21. The molecule has 0 atom stereocenters. The molecule has 3 rings (SSSR count). The molecule has 0 unspecified atom stereocenters. The van der Waals surface area contributed by atoms with Gasteiger partial charge in [0.1, 0.15) is 0 Å². The fraction of sp³-hybridized carbons (Fsp3) is 0.625. The van der Waals surface area contributed by atoms with Gasteiger partial charge < -0.3 is 20.3 Å². The van der Waals surface area contributed by atoms with Crippen LogP contribution in [-0.4, -0.2) is 67.6 Å². The smallest absolute Gasteiger partial charge is 0.264 e. The van der Waals surface area contributed by atoms with Gasteiger partial charge in [0.25, 0.3) is 5.91 Å². The Morgan fingerprint density at radius 1 is 1.17 bits per heavy atom. The van der Waals surface area contributed by atoms with Crippen LogP contribution in [0, 0.1) is 5.41 Å². The van der Waals surface area contributed by atoms with E-state index in [4.69, 9.17) is 10.5 Å². The summed E-state index contributed by atoms with van der Waals surface area (Å²) in [5.74, 6) is 0.193. The van der Waals surface area contributed by atoms with Gasteiger partial charge in [0.2, 0.25) is 5.91 Å². The number of carbonyl (C=O) groups excluding carboxylic acids is 2. The maximum Gasteiger partial charge on any atom is 0.264 e. The molecule has 0 saturated carbocycles. The van der Waals surface area contributed by atoms with Gasteiger partial charge in [-0.3, -0.25) is 9.59 Å². The highest BCUT2D eigenvalue weighted by molar-refractivity contribution is 7.12. The molecule has 8 heteroatoms. The van der Waals surface area contributed by atoms with E-state index in [0.29, 0.717) is 58.8 Å². The number of nitrogens with zero attached hydrogens (tertiary/aromatic N) is 2. The van der Waals surface area contributed by atoms with Crippen LogP contribution < -0.4 is 5.73 Å². The number of piperazine rings is 1. The first-order chi connectivity index (χ1) is 11.2. The molecule has 2 saturated heterocycles. The average Bonchev–Trinajstić information content (AvgIpc) is 3.16. The minimum Gasteiger partial charge on any atom is -0.381 e. The Balaban J connectivity index is 0.00000208. The summed E-state index contributed by atoms with van der Waals surface area (Å²) in [5, 5.41) is 1.91. The van der Waals surface area contributed by atoms with Gasteiger partial charge in [-0.25, -0.2) is 0 Å². The van der Waals surface area contributed by atoms with Crippen molar-refractivity contribution in [1.29, 1.82) is 0 Å². The number of nitrogens with two attached hydrogens (primary N) is 1. The second-order valence-electron chi connectivity index (χ2n) is 6.16. The van der Waals surface area contributed by atoms with Gasteiger partial charge in [-0.05, 0) is 24.3 Å². The van der Waals surface area contributed by atoms with Crippen LogP contribution in [0.15, 0.2) is 17.5 Å². The summed E-state index contributed by atoms with van der Waals surface area (Å²) >= 11 is 1.46. The molecule has 0 aliphatic carbocycles. The lowest BCUT2D eigenvalue weighted by Gasteiger charge is -2.42. The van der Waals surface area contributed by atoms with Crippen molar-refractivity contribution in [1.82, 2.24) is 9.80 Å². The number of amides is 2. The minimum absolute atomic E-state index is 0. The second kappa shape index (κ2) is 8.29. The van der Waals surface area contributed by atoms with Crippen LogP contribution in [0.5, 0.6) is 0 Å². The molecule has 6 nitrogen and oxygen atoms in total. The van der Waals surface area contributed by atoms with Crippen LogP contribution in [-0.2, 0) is 9.53 Å². The molecule has 3 heterocycles. The van der Waals surface area contributed by atoms with Gasteiger partial charge in [0.05, 0.1) is 10.3 Å². The zero-order valence-electron chi connectivity index (χ0n) is 13.6. The van der Waals surface area contributed by atoms with Crippen LogP contribution in [0.2, 0.25) is 0 Å². The molecule has 24 heavy (non-hydrogen) atoms. The van der Waals surface area contributed by atoms with E-state index in [0.717, 1.165) is 4.88 Å². The fourth-order valence-electron chi connectivity index (χ4n) is 3.27. The van der Waals surface area contributed by atoms with E-state index in [2.05, 4.69) is 0 Å². The third-order valence-corrected chi connectivity index (χ3v) is 5.74. The van der Waals surface area contributed by atoms with E-state index >= 15 is 0 Å². The number of thiophene rings is 1. The molecule has 0 radical (unpaired) electrons. The Morgan fingerprint density at radius 2 is 1.79 bits per heavy atom. The van der Waals surface area contributed by atoms with Crippen molar-refractivity contribution in [2.75, 3.05) is 45.9 Å². The summed E-state index contributed by atoms with van der Waals surface area (Å²) in [7, 11) is 0. The molecule has 2 aliphatic heterocycles. The lowest BCUT2D eigenvalue weighted by Crippen LogP contribution is -2.57. The van der Waals surface area contributed by atoms with Crippen LogP contribution >= 0.6 is 23.7 Å². The van der Waals surface area contributed by atoms with Crippen molar-refractivity contribution >= 4 is 35.6 Å². The first-order valence-electron chi connectivity index (χ1n) is 8.06. The highest BCUT2D eigenvalue weighted by Crippen LogP contribution is 2.32. The molecule has 0 aromatic carbocycles. The molecule has 1 aromatic heterocycles. The largest absolute Gasteiger partial charge is 0.381 e. The van der Waals surface area contributed by atoms with E-state index < -0.39 is 5.41 Å². The van der Waals surface area contributed by atoms with Crippen molar-refractivity contribution in [3.63, 3.8) is 0 Å². The highest BCUT2D eigenvalue weighted by atomic mass is 35.5. The van der Waals surface area contributed by atoms with Crippen LogP contribution in [0.1, 0.15) is 22.5 Å². The highest BCUT2D eigenvalue weighted by Gasteiger charge is 2.42. The summed E-state index contributed by atoms with van der Waals surface area (Å²) in [6, 6.07) is 3.73. The topological polar surface area (TPSA) is 75.9 Å². The first-order valence-corrected chi connectivity index (χ1v) is 8.94. The molecule has 0 bridgehead atoms. The van der Waals surface area contributed by atoms with E-state index in [1.54, 1.807) is 0 Å². The van der Waals surface area contributed by atoms with Crippen LogP contribution in [0.3, 0.4) is 0 Å². The predicted molar refractivity (Wildman–Crippen MR) is 95.6 cm³/mol. The summed E-state index contributed by atoms with van der Waals surface area (Å²) < 4.78 is 5.38. The number of hydrogen-bond acceptors (Lipinski definition) is 5. The Hall–Kier alpha value is -1.15. The lowest BCUT2D eigenvalue weighted by molar-refractivity contribution is -0.148. The zero-order chi connectivity index (χ0) is 16.3. The number of rotatable bonds is 3. The maximum absolute atomic E-state index is 12.9. The van der Waals surface area contributed by atoms with Crippen molar-refractivity contribution in [3.05, 3.63) is 22.4 Å². The Kier molecular flexibility index (Phi) is 6.62. The Bertz CT molecular complexity index is 553. The van der Waals surface area contributed by atoms with Crippen molar-refractivity contribution in [2.45, 2.75) is 12.8 Å². The van der Waals surface area contributed by atoms with Crippen molar-refractivity contribution in [2.24, 2.45) is 11.1 Å². The van der Waals surface area contributed by atoms with Crippen molar-refractivity contribution in [3.8, 4) is 0 Å². The monoisotopic (exact) mass is 373 g/mol. The van der Waals surface area contributed by atoms with E-state index in [1.165, 1.54) is 11.3 Å². The standard InChI is InChI=1S/C16H23N3O3S.ClH/c17-12-16(3-9-22-10-4-16)15(21)19-7-5-18(6-8-19)14(20)13-2-1-11-23-13;/h1-2,11H,3-10,12,17H2;1H. The minimum atomic E-state index is -0.474. The number of halogens is 1. The molecule has 2 aliphatic rings. The van der Waals surface area contributed by atoms with E-state index in [1.807, 2.05) is 27.3 Å². The number of hydrogen-bond donors (Lipinski definition) is 1. The second-order valence-corrected chi connectivity index (χ2v) is 7.11. The summed E-state index contributed by atoms with van der Waals surface area (Å²) in [5.41, 5.74) is 5.45. The number of carbonyl (C=O) groups is 2. The molecule has 1 aromatic rings. The molecule has 0 spiro atoms. The van der Waals surface area contributed by atoms with Crippen molar-refractivity contribution < 1.29 is 14.3 Å². The van der Waals surface area contributed by atoms with Gasteiger partial charge in [0, 0.05) is 45.9 Å². The molecular formula is C16H24ClN3O3S. The normalized spacial score (nSPS) is 20.4. The maximum atomic E-state index is 12.9. The lowest BCUT2D eigenvalue weighted by atomic mass is 9.78. The fourth-order valence-corrected chi connectivity index (χ4v) is 3.96. The van der Waals surface area contributed by atoms with Gasteiger partial charge in [0.15, 0.2) is 0 Å². The Morgan fingerprint density at radius 3 is 2.33 bits per heavy atom. The number of ether oxygens (including phenoxy) is 1. The summed E-state index contributed by atoms with van der Waals surface area (Å²) in [4.78, 5) is 29.7. The van der Waals surface area contributed by atoms with Gasteiger partial charge >= 0.3 is 0 Å². The quantitative estimate of drug-likeness (QED) is 0.864. The average molecular weight is 374 g/mol. The van der Waals surface area contributed by atoms with Gasteiger partial charge in [-0.1, -0.05) is 6.07 Å². The third kappa shape index (κ3) is 3.74. The van der Waals surface area contributed by atoms with E-state index in [-0.39, 0.29) is 24.2 Å². The third-order valence-electron chi connectivity index (χ3n) is 4.88. The van der Waals surface area contributed by atoms with Gasteiger partial charge in [-0.2, -0.15) is 0 Å². The summed E-state index contributed by atoms with van der Waals surface area (Å²) in [6.45, 7) is 3.89. The first kappa shape index (κ1) is 19.2. The van der Waals surface area contributed by atoms with E-state index in [9.17, 15) is 9.59 Å². The molecular weight excluding hydrogens is 350 g/mol. The summed E-state index contributed by atoms with van der Waals surface area (Å²) in [6.07, 6.45) is 1.38. The molecule has 2 N–H and O–H groups in total. The SMILES string of the molecule is Cl.NCC1(C(=O)N2CCN(C(=O)c3cccs3)CC2)CCOCC1. The van der Waals surface area contributed by atoms with Gasteiger partial charge in [-0.15, -0.1) is 23.7 Å².